The molecule has 2 N–H and O–H groups in total. The first-order valence-electron chi connectivity index (χ1n) is 6.50. The van der Waals surface area contributed by atoms with E-state index in [4.69, 9.17) is 0 Å². The van der Waals surface area contributed by atoms with E-state index in [1.807, 2.05) is 6.20 Å². The Bertz CT molecular complexity index is 764. The molecular weight excluding hydrogens is 300 g/mol. The SMILES string of the molecule is c1c[nH]c(-c2ncc(C(c3ccsc3)c3ccsc3)[nH]2)n1. The van der Waals surface area contributed by atoms with Crippen LogP contribution in [0.25, 0.3) is 11.6 Å². The zero-order valence-electron chi connectivity index (χ0n) is 11.0. The maximum atomic E-state index is 4.46. The van der Waals surface area contributed by atoms with Crippen molar-refractivity contribution in [3.8, 4) is 11.6 Å². The third-order valence-electron chi connectivity index (χ3n) is 3.38. The van der Waals surface area contributed by atoms with Gasteiger partial charge in [-0.2, -0.15) is 22.7 Å². The molecule has 4 heterocycles. The molecule has 0 fully saturated rings. The third kappa shape index (κ3) is 2.32. The van der Waals surface area contributed by atoms with Gasteiger partial charge in [0.25, 0.3) is 0 Å². The van der Waals surface area contributed by atoms with Crippen LogP contribution in [0.1, 0.15) is 22.7 Å². The van der Waals surface area contributed by atoms with Crippen molar-refractivity contribution in [1.82, 2.24) is 19.9 Å². The Balaban J connectivity index is 1.78. The van der Waals surface area contributed by atoms with Crippen LogP contribution in [-0.4, -0.2) is 19.9 Å². The molecule has 0 bridgehead atoms. The molecule has 4 aromatic rings. The van der Waals surface area contributed by atoms with E-state index in [0.29, 0.717) is 0 Å². The summed E-state index contributed by atoms with van der Waals surface area (Å²) in [5.74, 6) is 1.72. The number of aromatic nitrogens is 4. The summed E-state index contributed by atoms with van der Waals surface area (Å²) in [5, 5.41) is 8.60. The highest BCUT2D eigenvalue weighted by molar-refractivity contribution is 7.08. The molecule has 4 aromatic heterocycles. The molecule has 4 rings (SSSR count). The second-order valence-corrected chi connectivity index (χ2v) is 6.23. The molecule has 4 nitrogen and oxygen atoms in total. The zero-order chi connectivity index (χ0) is 14.1. The summed E-state index contributed by atoms with van der Waals surface area (Å²) in [4.78, 5) is 15.2. The van der Waals surface area contributed by atoms with Crippen molar-refractivity contribution in [2.75, 3.05) is 0 Å². The standard InChI is InChI=1S/C15H12N4S2/c1-5-20-8-10(1)13(11-2-6-21-9-11)12-7-18-15(19-12)14-16-3-4-17-14/h1-9,13H,(H,16,17)(H,18,19). The minimum Gasteiger partial charge on any atom is -0.342 e. The first-order valence-corrected chi connectivity index (χ1v) is 8.39. The fourth-order valence-electron chi connectivity index (χ4n) is 2.43. The minimum atomic E-state index is 0.193. The normalized spacial score (nSPS) is 11.3. The first kappa shape index (κ1) is 12.6. The van der Waals surface area contributed by atoms with E-state index in [-0.39, 0.29) is 5.92 Å². The van der Waals surface area contributed by atoms with Gasteiger partial charge in [0.2, 0.25) is 0 Å². The number of imidazole rings is 2. The molecular formula is C15H12N4S2. The topological polar surface area (TPSA) is 57.4 Å². The fourth-order valence-corrected chi connectivity index (χ4v) is 3.80. The molecule has 0 aliphatic carbocycles. The van der Waals surface area contributed by atoms with Crippen LogP contribution in [0.3, 0.4) is 0 Å². The first-order chi connectivity index (χ1) is 10.4. The van der Waals surface area contributed by atoms with Gasteiger partial charge in [-0.3, -0.25) is 0 Å². The number of rotatable bonds is 4. The Labute approximate surface area is 129 Å². The number of H-pyrrole nitrogens is 2. The van der Waals surface area contributed by atoms with Crippen LogP contribution in [-0.2, 0) is 0 Å². The molecule has 0 amide bonds. The van der Waals surface area contributed by atoms with E-state index in [0.717, 1.165) is 17.3 Å². The lowest BCUT2D eigenvalue weighted by molar-refractivity contribution is 0.945. The predicted molar refractivity (Wildman–Crippen MR) is 85.8 cm³/mol. The van der Waals surface area contributed by atoms with Crippen LogP contribution >= 0.6 is 22.7 Å². The summed E-state index contributed by atoms with van der Waals surface area (Å²) in [5.41, 5.74) is 3.65. The minimum absolute atomic E-state index is 0.193. The summed E-state index contributed by atoms with van der Waals surface area (Å²) in [6.07, 6.45) is 5.43. The van der Waals surface area contributed by atoms with Crippen LogP contribution in [0.15, 0.2) is 52.2 Å². The summed E-state index contributed by atoms with van der Waals surface area (Å²) >= 11 is 3.43. The molecule has 0 saturated carbocycles. The number of hydrogen-bond acceptors (Lipinski definition) is 4. The number of thiophene rings is 2. The van der Waals surface area contributed by atoms with Crippen LogP contribution in [0, 0.1) is 0 Å². The van der Waals surface area contributed by atoms with E-state index in [2.05, 4.69) is 53.6 Å². The van der Waals surface area contributed by atoms with Crippen molar-refractivity contribution in [2.45, 2.75) is 5.92 Å². The van der Waals surface area contributed by atoms with Crippen molar-refractivity contribution >= 4 is 22.7 Å². The Morgan fingerprint density at radius 3 is 2.29 bits per heavy atom. The van der Waals surface area contributed by atoms with Gasteiger partial charge in [0.05, 0.1) is 5.92 Å². The Hall–Kier alpha value is -2.18. The smallest absolute Gasteiger partial charge is 0.173 e. The lowest BCUT2D eigenvalue weighted by Gasteiger charge is -2.12. The Morgan fingerprint density at radius 2 is 1.71 bits per heavy atom. The third-order valence-corrected chi connectivity index (χ3v) is 4.78. The van der Waals surface area contributed by atoms with E-state index < -0.39 is 0 Å². The van der Waals surface area contributed by atoms with Crippen LogP contribution in [0.2, 0.25) is 0 Å². The highest BCUT2D eigenvalue weighted by atomic mass is 32.1. The number of nitrogens with one attached hydrogen (secondary N) is 2. The lowest BCUT2D eigenvalue weighted by Crippen LogP contribution is -2.01. The van der Waals surface area contributed by atoms with Gasteiger partial charge in [-0.05, 0) is 44.8 Å². The average Bonchev–Trinajstić information content (AvgIpc) is 3.30. The van der Waals surface area contributed by atoms with Gasteiger partial charge in [0.1, 0.15) is 0 Å². The van der Waals surface area contributed by atoms with Crippen LogP contribution < -0.4 is 0 Å². The van der Waals surface area contributed by atoms with E-state index in [1.165, 1.54) is 11.1 Å². The molecule has 0 atom stereocenters. The van der Waals surface area contributed by atoms with Gasteiger partial charge < -0.3 is 9.97 Å². The Kier molecular flexibility index (Phi) is 3.17. The summed E-state index contributed by atoms with van der Waals surface area (Å²) in [6.45, 7) is 0. The van der Waals surface area contributed by atoms with Gasteiger partial charge in [0.15, 0.2) is 11.6 Å². The fraction of sp³-hybridized carbons (Fsp3) is 0.0667. The number of nitrogens with zero attached hydrogens (tertiary/aromatic N) is 2. The van der Waals surface area contributed by atoms with Gasteiger partial charge in [-0.25, -0.2) is 9.97 Å². The number of hydrogen-bond donors (Lipinski definition) is 2. The Morgan fingerprint density at radius 1 is 0.952 bits per heavy atom. The van der Waals surface area contributed by atoms with Gasteiger partial charge in [-0.1, -0.05) is 0 Å². The van der Waals surface area contributed by atoms with Crippen molar-refractivity contribution < 1.29 is 0 Å². The largest absolute Gasteiger partial charge is 0.342 e. The second-order valence-electron chi connectivity index (χ2n) is 4.67. The maximum absolute atomic E-state index is 4.46. The zero-order valence-corrected chi connectivity index (χ0v) is 12.6. The molecule has 0 radical (unpaired) electrons. The quantitative estimate of drug-likeness (QED) is 0.596. The average molecular weight is 312 g/mol. The number of aromatic amines is 2. The second kappa shape index (κ2) is 5.31. The molecule has 0 spiro atoms. The molecule has 0 aliphatic rings. The lowest BCUT2D eigenvalue weighted by atomic mass is 9.93. The monoisotopic (exact) mass is 312 g/mol. The van der Waals surface area contributed by atoms with Gasteiger partial charge in [0, 0.05) is 24.3 Å². The van der Waals surface area contributed by atoms with Crippen LogP contribution in [0.4, 0.5) is 0 Å². The molecule has 0 unspecified atom stereocenters. The molecule has 104 valence electrons. The summed E-state index contributed by atoms with van der Waals surface area (Å²) in [7, 11) is 0. The van der Waals surface area contributed by atoms with Crippen molar-refractivity contribution in [1.29, 1.82) is 0 Å². The maximum Gasteiger partial charge on any atom is 0.173 e. The van der Waals surface area contributed by atoms with E-state index in [9.17, 15) is 0 Å². The molecule has 21 heavy (non-hydrogen) atoms. The molecule has 6 heteroatoms. The summed E-state index contributed by atoms with van der Waals surface area (Å²) < 4.78 is 0. The van der Waals surface area contributed by atoms with Crippen molar-refractivity contribution in [3.05, 3.63) is 69.1 Å². The van der Waals surface area contributed by atoms with Gasteiger partial charge >= 0.3 is 0 Å². The van der Waals surface area contributed by atoms with E-state index in [1.54, 1.807) is 35.1 Å². The summed E-state index contributed by atoms with van der Waals surface area (Å²) in [6, 6.07) is 4.33. The van der Waals surface area contributed by atoms with Crippen molar-refractivity contribution in [2.24, 2.45) is 0 Å². The molecule has 0 aliphatic heterocycles. The van der Waals surface area contributed by atoms with Gasteiger partial charge in [-0.15, -0.1) is 0 Å². The highest BCUT2D eigenvalue weighted by Crippen LogP contribution is 2.33. The highest BCUT2D eigenvalue weighted by Gasteiger charge is 2.20. The molecule has 0 saturated heterocycles. The predicted octanol–water partition coefficient (Wildman–Crippen LogP) is 4.10. The molecule has 0 aromatic carbocycles. The van der Waals surface area contributed by atoms with Crippen LogP contribution in [0.5, 0.6) is 0 Å². The van der Waals surface area contributed by atoms with E-state index >= 15 is 0 Å². The van der Waals surface area contributed by atoms with Crippen molar-refractivity contribution in [3.63, 3.8) is 0 Å².